The monoisotopic (exact) mass is 380 g/mol. The van der Waals surface area contributed by atoms with Crippen molar-refractivity contribution in [2.45, 2.75) is 6.04 Å². The first-order valence-corrected chi connectivity index (χ1v) is 8.46. The fourth-order valence-electron chi connectivity index (χ4n) is 3.02. The summed E-state index contributed by atoms with van der Waals surface area (Å²) in [5.74, 6) is 1.42. The molecule has 144 valence electrons. The van der Waals surface area contributed by atoms with E-state index in [2.05, 4.69) is 10.3 Å². The van der Waals surface area contributed by atoms with Crippen LogP contribution in [0.3, 0.4) is 0 Å². The first kappa shape index (κ1) is 19.0. The quantitative estimate of drug-likeness (QED) is 0.705. The standard InChI is InChI=1S/C19H20N6O3/c1-23-9-8-21-17(23)15(12-6-5-7-13(10-12)28-4)22-16-14(11-20)18(26)25(3)19(27)24(16)2/h5-10,15,22H,1-4H3/t15-/m0/s1. The molecule has 1 aromatic carbocycles. The number of aromatic nitrogens is 4. The van der Waals surface area contributed by atoms with Crippen LogP contribution in [0.5, 0.6) is 5.75 Å². The minimum absolute atomic E-state index is 0.131. The molecule has 1 N–H and O–H groups in total. The smallest absolute Gasteiger partial charge is 0.332 e. The first-order valence-electron chi connectivity index (χ1n) is 8.46. The Hall–Kier alpha value is -3.80. The SMILES string of the molecule is COc1cccc([C@H](Nc2c(C#N)c(=O)n(C)c(=O)n2C)c2nccn2C)c1. The van der Waals surface area contributed by atoms with Crippen LogP contribution in [0, 0.1) is 11.3 Å². The van der Waals surface area contributed by atoms with Gasteiger partial charge >= 0.3 is 5.69 Å². The average Bonchev–Trinajstić information content (AvgIpc) is 3.13. The average molecular weight is 380 g/mol. The van der Waals surface area contributed by atoms with Gasteiger partial charge in [0.2, 0.25) is 0 Å². The third kappa shape index (κ3) is 3.16. The van der Waals surface area contributed by atoms with Crippen LogP contribution in [-0.2, 0) is 21.1 Å². The van der Waals surface area contributed by atoms with Crippen LogP contribution in [0.15, 0.2) is 46.2 Å². The Morgan fingerprint density at radius 3 is 2.57 bits per heavy atom. The number of nitrogens with zero attached hydrogens (tertiary/aromatic N) is 5. The van der Waals surface area contributed by atoms with E-state index in [1.807, 2.05) is 41.9 Å². The van der Waals surface area contributed by atoms with E-state index < -0.39 is 17.3 Å². The highest BCUT2D eigenvalue weighted by Gasteiger charge is 2.24. The Morgan fingerprint density at radius 2 is 1.96 bits per heavy atom. The minimum atomic E-state index is -0.655. The van der Waals surface area contributed by atoms with Crippen LogP contribution in [0.4, 0.5) is 5.82 Å². The zero-order valence-electron chi connectivity index (χ0n) is 16.0. The van der Waals surface area contributed by atoms with Crippen molar-refractivity contribution in [2.75, 3.05) is 12.4 Å². The highest BCUT2D eigenvalue weighted by Crippen LogP contribution is 2.28. The van der Waals surface area contributed by atoms with Gasteiger partial charge in [0.15, 0.2) is 5.56 Å². The predicted molar refractivity (Wildman–Crippen MR) is 103 cm³/mol. The summed E-state index contributed by atoms with van der Waals surface area (Å²) in [4.78, 5) is 29.2. The van der Waals surface area contributed by atoms with E-state index in [1.54, 1.807) is 19.5 Å². The predicted octanol–water partition coefficient (Wildman–Crippen LogP) is 0.899. The van der Waals surface area contributed by atoms with Crippen molar-refractivity contribution in [3.63, 3.8) is 0 Å². The number of benzene rings is 1. The van der Waals surface area contributed by atoms with Crippen molar-refractivity contribution in [1.82, 2.24) is 18.7 Å². The molecule has 0 aliphatic carbocycles. The number of methoxy groups -OCH3 is 1. The van der Waals surface area contributed by atoms with E-state index in [1.165, 1.54) is 18.7 Å². The van der Waals surface area contributed by atoms with Crippen LogP contribution in [0.2, 0.25) is 0 Å². The maximum atomic E-state index is 12.4. The van der Waals surface area contributed by atoms with Gasteiger partial charge in [-0.3, -0.25) is 13.9 Å². The highest BCUT2D eigenvalue weighted by molar-refractivity contribution is 5.54. The normalized spacial score (nSPS) is 11.7. The number of hydrogen-bond acceptors (Lipinski definition) is 6. The summed E-state index contributed by atoms with van der Waals surface area (Å²) in [6.45, 7) is 0. The number of anilines is 1. The van der Waals surface area contributed by atoms with E-state index in [4.69, 9.17) is 4.74 Å². The fourth-order valence-corrected chi connectivity index (χ4v) is 3.02. The van der Waals surface area contributed by atoms with Gasteiger partial charge in [0, 0.05) is 33.5 Å². The second kappa shape index (κ2) is 7.44. The molecule has 2 aromatic heterocycles. The second-order valence-corrected chi connectivity index (χ2v) is 6.29. The van der Waals surface area contributed by atoms with Gasteiger partial charge in [-0.05, 0) is 17.7 Å². The van der Waals surface area contributed by atoms with E-state index in [0.29, 0.717) is 11.6 Å². The number of nitrogens with one attached hydrogen (secondary N) is 1. The molecule has 2 heterocycles. The Bertz CT molecular complexity index is 1180. The Kier molecular flexibility index (Phi) is 5.04. The summed E-state index contributed by atoms with van der Waals surface area (Å²) < 4.78 is 9.29. The Labute approximate surface area is 161 Å². The van der Waals surface area contributed by atoms with Gasteiger partial charge in [-0.25, -0.2) is 9.78 Å². The van der Waals surface area contributed by atoms with Crippen LogP contribution in [-0.4, -0.2) is 25.8 Å². The van der Waals surface area contributed by atoms with Gasteiger partial charge < -0.3 is 14.6 Å². The van der Waals surface area contributed by atoms with E-state index in [-0.39, 0.29) is 11.4 Å². The van der Waals surface area contributed by atoms with Gasteiger partial charge in [0.05, 0.1) is 7.11 Å². The lowest BCUT2D eigenvalue weighted by Gasteiger charge is -2.23. The van der Waals surface area contributed by atoms with Crippen molar-refractivity contribution >= 4 is 5.82 Å². The number of aryl methyl sites for hydroxylation is 1. The van der Waals surface area contributed by atoms with Crippen molar-refractivity contribution in [3.8, 4) is 11.8 Å². The number of imidazole rings is 1. The van der Waals surface area contributed by atoms with Gasteiger partial charge in [0.1, 0.15) is 29.5 Å². The molecule has 0 aliphatic rings. The summed E-state index contributed by atoms with van der Waals surface area (Å²) in [6.07, 6.45) is 3.44. The van der Waals surface area contributed by atoms with Crippen LogP contribution < -0.4 is 21.3 Å². The highest BCUT2D eigenvalue weighted by atomic mass is 16.5. The summed E-state index contributed by atoms with van der Waals surface area (Å²) in [5, 5.41) is 12.7. The molecule has 0 amide bonds. The molecule has 1 atom stereocenters. The molecular formula is C19H20N6O3. The third-order valence-electron chi connectivity index (χ3n) is 4.60. The molecular weight excluding hydrogens is 360 g/mol. The number of ether oxygens (including phenoxy) is 1. The van der Waals surface area contributed by atoms with Gasteiger partial charge in [-0.1, -0.05) is 12.1 Å². The van der Waals surface area contributed by atoms with Crippen molar-refractivity contribution in [1.29, 1.82) is 5.26 Å². The lowest BCUT2D eigenvalue weighted by atomic mass is 10.1. The van der Waals surface area contributed by atoms with Crippen molar-refractivity contribution < 1.29 is 4.74 Å². The Morgan fingerprint density at radius 1 is 1.21 bits per heavy atom. The topological polar surface area (TPSA) is 107 Å². The molecule has 0 spiro atoms. The molecule has 0 aliphatic heterocycles. The Balaban J connectivity index is 2.22. The number of rotatable bonds is 5. The number of hydrogen-bond donors (Lipinski definition) is 1. The fraction of sp³-hybridized carbons (Fsp3) is 0.263. The third-order valence-corrected chi connectivity index (χ3v) is 4.60. The maximum Gasteiger partial charge on any atom is 0.332 e. The molecule has 3 rings (SSSR count). The van der Waals surface area contributed by atoms with Gasteiger partial charge in [-0.2, -0.15) is 5.26 Å². The molecule has 9 nitrogen and oxygen atoms in total. The van der Waals surface area contributed by atoms with E-state index >= 15 is 0 Å². The van der Waals surface area contributed by atoms with Gasteiger partial charge in [0.25, 0.3) is 5.56 Å². The zero-order chi connectivity index (χ0) is 20.4. The van der Waals surface area contributed by atoms with Crippen LogP contribution >= 0.6 is 0 Å². The van der Waals surface area contributed by atoms with Crippen molar-refractivity contribution in [3.05, 3.63) is 74.4 Å². The molecule has 0 saturated heterocycles. The van der Waals surface area contributed by atoms with E-state index in [0.717, 1.165) is 10.1 Å². The van der Waals surface area contributed by atoms with Crippen LogP contribution in [0.1, 0.15) is 23.0 Å². The van der Waals surface area contributed by atoms with E-state index in [9.17, 15) is 14.9 Å². The molecule has 0 unspecified atom stereocenters. The molecule has 0 saturated carbocycles. The maximum absolute atomic E-state index is 12.4. The molecule has 3 aromatic rings. The summed E-state index contributed by atoms with van der Waals surface area (Å²) in [7, 11) is 6.26. The summed E-state index contributed by atoms with van der Waals surface area (Å²) in [5.41, 5.74) is -0.537. The number of nitriles is 1. The second-order valence-electron chi connectivity index (χ2n) is 6.29. The molecule has 28 heavy (non-hydrogen) atoms. The molecule has 0 radical (unpaired) electrons. The summed E-state index contributed by atoms with van der Waals surface area (Å²) in [6, 6.07) is 8.73. The zero-order valence-corrected chi connectivity index (χ0v) is 16.0. The lowest BCUT2D eigenvalue weighted by Crippen LogP contribution is -2.40. The van der Waals surface area contributed by atoms with Crippen molar-refractivity contribution in [2.24, 2.45) is 21.1 Å². The first-order chi connectivity index (χ1) is 13.4. The molecule has 9 heteroatoms. The van der Waals surface area contributed by atoms with Crippen LogP contribution in [0.25, 0.3) is 0 Å². The minimum Gasteiger partial charge on any atom is -0.497 e. The lowest BCUT2D eigenvalue weighted by molar-refractivity contribution is 0.414. The molecule has 0 bridgehead atoms. The summed E-state index contributed by atoms with van der Waals surface area (Å²) >= 11 is 0. The largest absolute Gasteiger partial charge is 0.497 e. The van der Waals surface area contributed by atoms with Gasteiger partial charge in [-0.15, -0.1) is 0 Å². The molecule has 0 fully saturated rings.